The first kappa shape index (κ1) is 17.9. The lowest BCUT2D eigenvalue weighted by atomic mass is 10.1. The first-order valence-electron chi connectivity index (χ1n) is 7.95. The number of hydrogen-bond donors (Lipinski definition) is 2. The second-order valence-corrected chi connectivity index (χ2v) is 6.14. The Kier molecular flexibility index (Phi) is 5.90. The normalized spacial score (nSPS) is 12.1. The molecule has 2 rings (SSSR count). The summed E-state index contributed by atoms with van der Waals surface area (Å²) in [5.41, 5.74) is 2.42. The maximum atomic E-state index is 13.3. The number of amides is 1. The van der Waals surface area contributed by atoms with E-state index in [0.717, 1.165) is 17.3 Å². The Morgan fingerprint density at radius 1 is 1.00 bits per heavy atom. The molecule has 2 aromatic rings. The van der Waals surface area contributed by atoms with E-state index in [4.69, 9.17) is 0 Å². The smallest absolute Gasteiger partial charge is 0.224 e. The minimum atomic E-state index is -0.854. The Morgan fingerprint density at radius 3 is 2.25 bits per heavy atom. The van der Waals surface area contributed by atoms with Crippen LogP contribution in [0.3, 0.4) is 0 Å². The van der Waals surface area contributed by atoms with E-state index in [9.17, 15) is 13.6 Å². The van der Waals surface area contributed by atoms with E-state index in [1.807, 2.05) is 45.0 Å². The average Bonchev–Trinajstić information content (AvgIpc) is 2.51. The van der Waals surface area contributed by atoms with Crippen LogP contribution in [-0.4, -0.2) is 11.9 Å². The van der Waals surface area contributed by atoms with Crippen LogP contribution in [0.5, 0.6) is 0 Å². The van der Waals surface area contributed by atoms with Crippen molar-refractivity contribution >= 4 is 11.6 Å². The van der Waals surface area contributed by atoms with Crippen molar-refractivity contribution in [2.45, 2.75) is 39.3 Å². The molecule has 0 aliphatic carbocycles. The Bertz CT molecular complexity index is 699. The molecule has 0 fully saturated rings. The van der Waals surface area contributed by atoms with Crippen LogP contribution in [0.4, 0.5) is 14.5 Å². The summed E-state index contributed by atoms with van der Waals surface area (Å²) < 4.78 is 26.3. The Morgan fingerprint density at radius 2 is 1.67 bits per heavy atom. The Balaban J connectivity index is 1.98. The zero-order valence-electron chi connectivity index (χ0n) is 14.1. The highest BCUT2D eigenvalue weighted by Gasteiger charge is 2.10. The maximum Gasteiger partial charge on any atom is 0.224 e. The molecule has 3 nitrogen and oxygen atoms in total. The average molecular weight is 332 g/mol. The maximum absolute atomic E-state index is 13.3. The summed E-state index contributed by atoms with van der Waals surface area (Å²) in [6.45, 7) is 5.71. The van der Waals surface area contributed by atoms with E-state index in [-0.39, 0.29) is 18.0 Å². The van der Waals surface area contributed by atoms with Gasteiger partial charge in [-0.25, -0.2) is 8.78 Å². The molecule has 5 heteroatoms. The lowest BCUT2D eigenvalue weighted by Gasteiger charge is -2.16. The van der Waals surface area contributed by atoms with Crippen molar-refractivity contribution in [1.29, 1.82) is 0 Å². The Hall–Kier alpha value is -2.43. The summed E-state index contributed by atoms with van der Waals surface area (Å²) >= 11 is 0. The van der Waals surface area contributed by atoms with Gasteiger partial charge in [0, 0.05) is 17.8 Å². The summed E-state index contributed by atoms with van der Waals surface area (Å²) in [6, 6.07) is 11.3. The molecule has 1 amide bonds. The second-order valence-electron chi connectivity index (χ2n) is 6.14. The largest absolute Gasteiger partial charge is 0.379 e. The van der Waals surface area contributed by atoms with Crippen LogP contribution in [0.1, 0.15) is 37.9 Å². The van der Waals surface area contributed by atoms with Gasteiger partial charge >= 0.3 is 0 Å². The quantitative estimate of drug-likeness (QED) is 0.832. The Labute approximate surface area is 141 Å². The van der Waals surface area contributed by atoms with Crippen LogP contribution < -0.4 is 10.6 Å². The molecule has 2 N–H and O–H groups in total. The van der Waals surface area contributed by atoms with Crippen molar-refractivity contribution in [3.63, 3.8) is 0 Å². The summed E-state index contributed by atoms with van der Waals surface area (Å²) in [7, 11) is 0. The van der Waals surface area contributed by atoms with Gasteiger partial charge < -0.3 is 10.6 Å². The van der Waals surface area contributed by atoms with Crippen molar-refractivity contribution in [2.24, 2.45) is 0 Å². The molecule has 0 radical (unpaired) electrons. The second kappa shape index (κ2) is 7.90. The number of anilines is 1. The molecular formula is C19H22F2N2O. The molecule has 0 heterocycles. The van der Waals surface area contributed by atoms with E-state index in [0.29, 0.717) is 12.0 Å². The molecule has 24 heavy (non-hydrogen) atoms. The predicted octanol–water partition coefficient (Wildman–Crippen LogP) is 4.21. The lowest BCUT2D eigenvalue weighted by Crippen LogP contribution is -2.31. The van der Waals surface area contributed by atoms with Gasteiger partial charge in [0.15, 0.2) is 11.6 Å². The van der Waals surface area contributed by atoms with Gasteiger partial charge in [-0.15, -0.1) is 0 Å². The number of halogens is 2. The van der Waals surface area contributed by atoms with Crippen LogP contribution in [0, 0.1) is 11.6 Å². The fraction of sp³-hybridized carbons (Fsp3) is 0.316. The van der Waals surface area contributed by atoms with Gasteiger partial charge in [-0.2, -0.15) is 0 Å². The summed E-state index contributed by atoms with van der Waals surface area (Å²) in [5.74, 6) is -1.72. The fourth-order valence-electron chi connectivity index (χ4n) is 2.39. The molecule has 0 aliphatic heterocycles. The number of benzene rings is 2. The van der Waals surface area contributed by atoms with Gasteiger partial charge in [0.1, 0.15) is 0 Å². The van der Waals surface area contributed by atoms with Crippen LogP contribution in [-0.2, 0) is 11.2 Å². The van der Waals surface area contributed by atoms with Gasteiger partial charge in [-0.3, -0.25) is 4.79 Å². The molecule has 0 saturated heterocycles. The number of hydrogen-bond acceptors (Lipinski definition) is 2. The van der Waals surface area contributed by atoms with Crippen LogP contribution in [0.25, 0.3) is 0 Å². The molecule has 1 atom stereocenters. The van der Waals surface area contributed by atoms with Crippen molar-refractivity contribution < 1.29 is 13.6 Å². The van der Waals surface area contributed by atoms with Crippen molar-refractivity contribution in [3.05, 3.63) is 65.2 Å². The van der Waals surface area contributed by atoms with Crippen molar-refractivity contribution in [2.75, 3.05) is 5.32 Å². The standard InChI is InChI=1S/C19H22F2N2O/c1-12(2)22-19(24)10-14-4-7-16(8-5-14)23-13(3)15-6-9-17(20)18(21)11-15/h4-9,11-13,23H,10H2,1-3H3,(H,22,24)/t13-/m0/s1. The molecule has 0 aliphatic rings. The van der Waals surface area contributed by atoms with E-state index >= 15 is 0 Å². The van der Waals surface area contributed by atoms with E-state index in [1.165, 1.54) is 6.07 Å². The van der Waals surface area contributed by atoms with E-state index < -0.39 is 11.6 Å². The summed E-state index contributed by atoms with van der Waals surface area (Å²) in [6.07, 6.45) is 0.331. The monoisotopic (exact) mass is 332 g/mol. The highest BCUT2D eigenvalue weighted by molar-refractivity contribution is 5.78. The first-order chi connectivity index (χ1) is 11.3. The molecule has 0 saturated carbocycles. The van der Waals surface area contributed by atoms with Gasteiger partial charge in [-0.05, 0) is 56.2 Å². The highest BCUT2D eigenvalue weighted by Crippen LogP contribution is 2.21. The van der Waals surface area contributed by atoms with Gasteiger partial charge in [-0.1, -0.05) is 18.2 Å². The minimum Gasteiger partial charge on any atom is -0.379 e. The lowest BCUT2D eigenvalue weighted by molar-refractivity contribution is -0.120. The third kappa shape index (κ3) is 5.05. The molecule has 0 unspecified atom stereocenters. The SMILES string of the molecule is CC(C)NC(=O)Cc1ccc(N[C@@H](C)c2ccc(F)c(F)c2)cc1. The fourth-order valence-corrected chi connectivity index (χ4v) is 2.39. The third-order valence-electron chi connectivity index (χ3n) is 3.60. The van der Waals surface area contributed by atoms with Gasteiger partial charge in [0.2, 0.25) is 5.91 Å². The number of carbonyl (C=O) groups excluding carboxylic acids is 1. The van der Waals surface area contributed by atoms with E-state index in [2.05, 4.69) is 10.6 Å². The van der Waals surface area contributed by atoms with Crippen LogP contribution in [0.2, 0.25) is 0 Å². The molecule has 0 aromatic heterocycles. The zero-order valence-corrected chi connectivity index (χ0v) is 14.1. The molecule has 0 spiro atoms. The molecule has 0 bridgehead atoms. The van der Waals surface area contributed by atoms with Crippen molar-refractivity contribution in [1.82, 2.24) is 5.32 Å². The summed E-state index contributed by atoms with van der Waals surface area (Å²) in [5, 5.41) is 6.08. The predicted molar refractivity (Wildman–Crippen MR) is 91.8 cm³/mol. The molecule has 128 valence electrons. The highest BCUT2D eigenvalue weighted by atomic mass is 19.2. The van der Waals surface area contributed by atoms with Gasteiger partial charge in [0.25, 0.3) is 0 Å². The zero-order chi connectivity index (χ0) is 17.7. The number of rotatable bonds is 6. The first-order valence-corrected chi connectivity index (χ1v) is 7.95. The number of nitrogens with one attached hydrogen (secondary N) is 2. The van der Waals surface area contributed by atoms with E-state index in [1.54, 1.807) is 6.07 Å². The van der Waals surface area contributed by atoms with Gasteiger partial charge in [0.05, 0.1) is 6.42 Å². The summed E-state index contributed by atoms with van der Waals surface area (Å²) in [4.78, 5) is 11.7. The van der Waals surface area contributed by atoms with Crippen LogP contribution in [0.15, 0.2) is 42.5 Å². The van der Waals surface area contributed by atoms with Crippen molar-refractivity contribution in [3.8, 4) is 0 Å². The molecule has 2 aromatic carbocycles. The number of carbonyl (C=O) groups is 1. The third-order valence-corrected chi connectivity index (χ3v) is 3.60. The topological polar surface area (TPSA) is 41.1 Å². The van der Waals surface area contributed by atoms with Crippen LogP contribution >= 0.6 is 0 Å². The minimum absolute atomic E-state index is 0.0131. The molecular weight excluding hydrogens is 310 g/mol.